The summed E-state index contributed by atoms with van der Waals surface area (Å²) in [5.74, 6) is 0. The first-order valence-electron chi connectivity index (χ1n) is 8.32. The average Bonchev–Trinajstić information content (AvgIpc) is 3.20. The lowest BCUT2D eigenvalue weighted by Gasteiger charge is -2.24. The number of methoxy groups -OCH3 is 1. The molecule has 0 bridgehead atoms. The molecule has 0 radical (unpaired) electrons. The lowest BCUT2D eigenvalue weighted by Crippen LogP contribution is -2.26. The molecule has 1 spiro atoms. The summed E-state index contributed by atoms with van der Waals surface area (Å²) in [6.07, 6.45) is 12.6. The smallest absolute Gasteiger partial charge is 0.0762 e. The molecule has 0 amide bonds. The van der Waals surface area contributed by atoms with Gasteiger partial charge in [-0.05, 0) is 37.3 Å². The van der Waals surface area contributed by atoms with Gasteiger partial charge in [0, 0.05) is 39.1 Å². The Morgan fingerprint density at radius 3 is 3.05 bits per heavy atom. The number of nitrogens with zero attached hydrogens (tertiary/aromatic N) is 1. The number of hydrogen-bond donors (Lipinski definition) is 1. The van der Waals surface area contributed by atoms with Crippen LogP contribution in [0.5, 0.6) is 0 Å². The molecule has 1 aromatic rings. The number of hydrogen-bond acceptors (Lipinski definition) is 3. The van der Waals surface area contributed by atoms with Gasteiger partial charge in [-0.1, -0.05) is 12.8 Å². The van der Waals surface area contributed by atoms with E-state index in [4.69, 9.17) is 9.47 Å². The predicted molar refractivity (Wildman–Crippen MR) is 83.3 cm³/mol. The standard InChI is InChI=1S/C17H28N2O2/c1-20-11-9-18-12-15-5-10-19(13-15)14-16-4-8-17(21-16)6-2-3-7-17/h5,10,13,16,18H,2-4,6-9,11-12,14H2,1H3. The van der Waals surface area contributed by atoms with E-state index in [9.17, 15) is 0 Å². The van der Waals surface area contributed by atoms with Gasteiger partial charge in [0.2, 0.25) is 0 Å². The van der Waals surface area contributed by atoms with Crippen LogP contribution in [-0.4, -0.2) is 36.5 Å². The zero-order valence-electron chi connectivity index (χ0n) is 13.1. The van der Waals surface area contributed by atoms with E-state index in [1.165, 1.54) is 44.1 Å². The van der Waals surface area contributed by atoms with Crippen molar-refractivity contribution in [2.24, 2.45) is 0 Å². The van der Waals surface area contributed by atoms with Crippen molar-refractivity contribution in [3.05, 3.63) is 24.0 Å². The first kappa shape index (κ1) is 15.1. The van der Waals surface area contributed by atoms with Crippen LogP contribution in [-0.2, 0) is 22.6 Å². The van der Waals surface area contributed by atoms with E-state index in [2.05, 4.69) is 28.3 Å². The summed E-state index contributed by atoms with van der Waals surface area (Å²) in [4.78, 5) is 0. The van der Waals surface area contributed by atoms with Crippen LogP contribution in [0.1, 0.15) is 44.1 Å². The van der Waals surface area contributed by atoms with Gasteiger partial charge in [0.15, 0.2) is 0 Å². The number of rotatable bonds is 7. The molecule has 1 aliphatic carbocycles. The van der Waals surface area contributed by atoms with Gasteiger partial charge in [0.05, 0.1) is 18.3 Å². The fourth-order valence-electron chi connectivity index (χ4n) is 3.76. The highest BCUT2D eigenvalue weighted by Gasteiger charge is 2.41. The molecular formula is C17H28N2O2. The topological polar surface area (TPSA) is 35.4 Å². The Kier molecular flexibility index (Phi) is 4.99. The maximum absolute atomic E-state index is 6.38. The van der Waals surface area contributed by atoms with Crippen LogP contribution in [0.25, 0.3) is 0 Å². The van der Waals surface area contributed by atoms with Crippen LogP contribution >= 0.6 is 0 Å². The lowest BCUT2D eigenvalue weighted by molar-refractivity contribution is -0.0417. The Balaban J connectivity index is 1.44. The first-order chi connectivity index (χ1) is 10.3. The molecule has 21 heavy (non-hydrogen) atoms. The minimum atomic E-state index is 0.252. The van der Waals surface area contributed by atoms with Gasteiger partial charge in [-0.25, -0.2) is 0 Å². The van der Waals surface area contributed by atoms with Crippen molar-refractivity contribution in [2.75, 3.05) is 20.3 Å². The molecule has 1 unspecified atom stereocenters. The van der Waals surface area contributed by atoms with E-state index < -0.39 is 0 Å². The summed E-state index contributed by atoms with van der Waals surface area (Å²) >= 11 is 0. The molecule has 1 atom stereocenters. The third-order valence-electron chi connectivity index (χ3n) is 4.89. The van der Waals surface area contributed by atoms with Crippen molar-refractivity contribution >= 4 is 0 Å². The van der Waals surface area contributed by atoms with E-state index >= 15 is 0 Å². The van der Waals surface area contributed by atoms with Crippen molar-refractivity contribution in [3.63, 3.8) is 0 Å². The Labute approximate surface area is 127 Å². The lowest BCUT2D eigenvalue weighted by atomic mass is 9.98. The van der Waals surface area contributed by atoms with E-state index in [0.717, 1.165) is 26.2 Å². The van der Waals surface area contributed by atoms with Gasteiger partial charge in [0.25, 0.3) is 0 Å². The van der Waals surface area contributed by atoms with Gasteiger partial charge in [0.1, 0.15) is 0 Å². The quantitative estimate of drug-likeness (QED) is 0.785. The van der Waals surface area contributed by atoms with E-state index in [1.807, 2.05) is 0 Å². The molecule has 1 aliphatic heterocycles. The molecule has 3 rings (SSSR count). The number of ether oxygens (including phenoxy) is 2. The minimum Gasteiger partial charge on any atom is -0.383 e. The Morgan fingerprint density at radius 2 is 2.24 bits per heavy atom. The van der Waals surface area contributed by atoms with Crippen molar-refractivity contribution in [1.29, 1.82) is 0 Å². The monoisotopic (exact) mass is 292 g/mol. The summed E-state index contributed by atoms with van der Waals surface area (Å²) in [5, 5.41) is 3.38. The van der Waals surface area contributed by atoms with Crippen molar-refractivity contribution in [3.8, 4) is 0 Å². The average molecular weight is 292 g/mol. The van der Waals surface area contributed by atoms with Crippen molar-refractivity contribution < 1.29 is 9.47 Å². The summed E-state index contributed by atoms with van der Waals surface area (Å²) in [6, 6.07) is 2.19. The van der Waals surface area contributed by atoms with Crippen molar-refractivity contribution in [2.45, 2.75) is 63.3 Å². The molecule has 4 nitrogen and oxygen atoms in total. The number of nitrogens with one attached hydrogen (secondary N) is 1. The zero-order valence-corrected chi connectivity index (χ0v) is 13.1. The fourth-order valence-corrected chi connectivity index (χ4v) is 3.76. The molecule has 4 heteroatoms. The van der Waals surface area contributed by atoms with Gasteiger partial charge >= 0.3 is 0 Å². The fraction of sp³-hybridized carbons (Fsp3) is 0.765. The highest BCUT2D eigenvalue weighted by molar-refractivity contribution is 5.10. The molecule has 1 aromatic heterocycles. The second-order valence-electron chi connectivity index (χ2n) is 6.55. The molecule has 0 aromatic carbocycles. The Bertz CT molecular complexity index is 438. The highest BCUT2D eigenvalue weighted by Crippen LogP contribution is 2.43. The second-order valence-corrected chi connectivity index (χ2v) is 6.55. The van der Waals surface area contributed by atoms with E-state index in [-0.39, 0.29) is 5.60 Å². The molecule has 1 saturated carbocycles. The first-order valence-corrected chi connectivity index (χ1v) is 8.32. The maximum Gasteiger partial charge on any atom is 0.0762 e. The number of aromatic nitrogens is 1. The Morgan fingerprint density at radius 1 is 1.38 bits per heavy atom. The van der Waals surface area contributed by atoms with E-state index in [0.29, 0.717) is 6.10 Å². The molecule has 1 saturated heterocycles. The summed E-state index contributed by atoms with van der Waals surface area (Å²) in [6.45, 7) is 3.57. The molecule has 2 aliphatic rings. The third kappa shape index (κ3) is 3.87. The van der Waals surface area contributed by atoms with Crippen LogP contribution < -0.4 is 5.32 Å². The molecule has 118 valence electrons. The predicted octanol–water partition coefficient (Wildman–Crippen LogP) is 2.72. The SMILES string of the molecule is COCCNCc1ccn(CC2CCC3(CCCC3)O2)c1. The second kappa shape index (κ2) is 6.95. The van der Waals surface area contributed by atoms with Crippen LogP contribution in [0.4, 0.5) is 0 Å². The van der Waals surface area contributed by atoms with Crippen molar-refractivity contribution in [1.82, 2.24) is 9.88 Å². The normalized spacial score (nSPS) is 24.1. The summed E-state index contributed by atoms with van der Waals surface area (Å²) in [7, 11) is 1.73. The summed E-state index contributed by atoms with van der Waals surface area (Å²) < 4.78 is 13.7. The van der Waals surface area contributed by atoms with E-state index in [1.54, 1.807) is 7.11 Å². The zero-order chi connectivity index (χ0) is 14.5. The van der Waals surface area contributed by atoms with Crippen LogP contribution in [0.2, 0.25) is 0 Å². The Hall–Kier alpha value is -0.840. The maximum atomic E-state index is 6.38. The molecule has 2 fully saturated rings. The largest absolute Gasteiger partial charge is 0.383 e. The summed E-state index contributed by atoms with van der Waals surface area (Å²) in [5.41, 5.74) is 1.59. The molecule has 1 N–H and O–H groups in total. The van der Waals surface area contributed by atoms with Crippen LogP contribution in [0, 0.1) is 0 Å². The van der Waals surface area contributed by atoms with Gasteiger partial charge in [-0.2, -0.15) is 0 Å². The van der Waals surface area contributed by atoms with Crippen LogP contribution in [0.15, 0.2) is 18.5 Å². The van der Waals surface area contributed by atoms with Gasteiger partial charge in [-0.3, -0.25) is 0 Å². The third-order valence-corrected chi connectivity index (χ3v) is 4.89. The minimum absolute atomic E-state index is 0.252. The van der Waals surface area contributed by atoms with Crippen LogP contribution in [0.3, 0.4) is 0 Å². The van der Waals surface area contributed by atoms with Gasteiger partial charge < -0.3 is 19.4 Å². The highest BCUT2D eigenvalue weighted by atomic mass is 16.5. The molecule has 2 heterocycles. The molecular weight excluding hydrogens is 264 g/mol. The van der Waals surface area contributed by atoms with Gasteiger partial charge in [-0.15, -0.1) is 0 Å².